The van der Waals surface area contributed by atoms with Crippen LogP contribution in [0.3, 0.4) is 0 Å². The van der Waals surface area contributed by atoms with E-state index in [1.807, 2.05) is 13.8 Å². The minimum absolute atomic E-state index is 0.271. The molecule has 0 radical (unpaired) electrons. The van der Waals surface area contributed by atoms with Gasteiger partial charge in [0.2, 0.25) is 5.89 Å². The van der Waals surface area contributed by atoms with E-state index in [0.717, 1.165) is 0 Å². The van der Waals surface area contributed by atoms with E-state index in [4.69, 9.17) is 25.6 Å². The number of nitrogens with zero attached hydrogens (tertiary/aromatic N) is 2. The largest absolute Gasteiger partial charge is 0.493 e. The summed E-state index contributed by atoms with van der Waals surface area (Å²) in [5.41, 5.74) is 0.389. The Hall–Kier alpha value is -2.28. The van der Waals surface area contributed by atoms with Crippen LogP contribution in [0.5, 0.6) is 11.5 Å². The summed E-state index contributed by atoms with van der Waals surface area (Å²) in [6.45, 7) is 6.68. The molecule has 0 atom stereocenters. The summed E-state index contributed by atoms with van der Waals surface area (Å²) >= 11 is 6.26. The van der Waals surface area contributed by atoms with Crippen LogP contribution < -0.4 is 14.8 Å². The average molecular weight is 368 g/mol. The summed E-state index contributed by atoms with van der Waals surface area (Å²) in [6.07, 6.45) is 0.451. The lowest BCUT2D eigenvalue weighted by Crippen LogP contribution is -2.25. The molecule has 136 valence electrons. The van der Waals surface area contributed by atoms with Gasteiger partial charge < -0.3 is 19.3 Å². The highest BCUT2D eigenvalue weighted by molar-refractivity contribution is 6.32. The number of hydrogen-bond acceptors (Lipinski definition) is 6. The number of carbonyl (C=O) groups is 1. The van der Waals surface area contributed by atoms with Crippen LogP contribution >= 0.6 is 11.6 Å². The van der Waals surface area contributed by atoms with Crippen LogP contribution in [0.4, 0.5) is 0 Å². The Morgan fingerprint density at radius 2 is 2.16 bits per heavy atom. The molecule has 0 aliphatic carbocycles. The lowest BCUT2D eigenvalue weighted by molar-refractivity contribution is 0.0953. The minimum Gasteiger partial charge on any atom is -0.493 e. The summed E-state index contributed by atoms with van der Waals surface area (Å²) in [5, 5.41) is 6.81. The van der Waals surface area contributed by atoms with Crippen molar-refractivity contribution in [3.8, 4) is 11.5 Å². The monoisotopic (exact) mass is 367 g/mol. The van der Waals surface area contributed by atoms with E-state index in [2.05, 4.69) is 15.5 Å². The zero-order valence-corrected chi connectivity index (χ0v) is 15.5. The molecule has 1 amide bonds. The molecule has 7 nitrogen and oxygen atoms in total. The number of carbonyl (C=O) groups excluding carboxylic acids is 1. The molecule has 2 rings (SSSR count). The molecule has 0 aliphatic rings. The number of ether oxygens (including phenoxy) is 2. The maximum absolute atomic E-state index is 12.3. The van der Waals surface area contributed by atoms with Crippen LogP contribution in [-0.4, -0.2) is 36.3 Å². The minimum atomic E-state index is -0.271. The molecule has 0 fully saturated rings. The number of aryl methyl sites for hydroxylation is 1. The number of rotatable bonds is 8. The van der Waals surface area contributed by atoms with Crippen LogP contribution in [-0.2, 0) is 6.42 Å². The van der Waals surface area contributed by atoms with Crippen LogP contribution in [0.25, 0.3) is 0 Å². The Labute approximate surface area is 151 Å². The van der Waals surface area contributed by atoms with Crippen molar-refractivity contribution in [2.24, 2.45) is 5.92 Å². The van der Waals surface area contributed by atoms with E-state index < -0.39 is 0 Å². The predicted octanol–water partition coefficient (Wildman–Crippen LogP) is 3.05. The molecule has 0 spiro atoms. The van der Waals surface area contributed by atoms with Gasteiger partial charge in [-0.3, -0.25) is 4.79 Å². The van der Waals surface area contributed by atoms with Crippen molar-refractivity contribution >= 4 is 17.5 Å². The average Bonchev–Trinajstić information content (AvgIpc) is 2.98. The summed E-state index contributed by atoms with van der Waals surface area (Å²) < 4.78 is 16.0. The van der Waals surface area contributed by atoms with Gasteiger partial charge in [0.25, 0.3) is 5.91 Å². The fourth-order valence-corrected chi connectivity index (χ4v) is 2.33. The number of nitrogens with one attached hydrogen (secondary N) is 1. The first-order valence-electron chi connectivity index (χ1n) is 7.98. The molecule has 0 saturated carbocycles. The Bertz CT molecular complexity index is 731. The fourth-order valence-electron chi connectivity index (χ4n) is 2.07. The third-order valence-corrected chi connectivity index (χ3v) is 3.53. The van der Waals surface area contributed by atoms with Crippen molar-refractivity contribution in [1.29, 1.82) is 0 Å². The zero-order valence-electron chi connectivity index (χ0n) is 14.8. The smallest absolute Gasteiger partial charge is 0.251 e. The van der Waals surface area contributed by atoms with Gasteiger partial charge in [0.05, 0.1) is 18.7 Å². The number of aromatic nitrogens is 2. The van der Waals surface area contributed by atoms with Crippen molar-refractivity contribution in [2.75, 3.05) is 20.3 Å². The lowest BCUT2D eigenvalue weighted by Gasteiger charge is -2.15. The Balaban J connectivity index is 2.02. The molecule has 0 aliphatic heterocycles. The van der Waals surface area contributed by atoms with Gasteiger partial charge in [-0.2, -0.15) is 4.98 Å². The summed E-state index contributed by atoms with van der Waals surface area (Å²) in [6, 6.07) is 3.17. The second-order valence-corrected chi connectivity index (χ2v) is 6.34. The van der Waals surface area contributed by atoms with E-state index in [1.165, 1.54) is 7.11 Å². The zero-order chi connectivity index (χ0) is 18.4. The highest BCUT2D eigenvalue weighted by Crippen LogP contribution is 2.36. The van der Waals surface area contributed by atoms with Crippen molar-refractivity contribution in [2.45, 2.75) is 27.2 Å². The van der Waals surface area contributed by atoms with Gasteiger partial charge in [-0.1, -0.05) is 30.6 Å². The Morgan fingerprint density at radius 3 is 2.76 bits per heavy atom. The maximum atomic E-state index is 12.3. The summed E-state index contributed by atoms with van der Waals surface area (Å²) in [4.78, 5) is 16.4. The fraction of sp³-hybridized carbons (Fsp3) is 0.471. The standard InChI is InChI=1S/C17H22ClN3O4/c1-10(2)9-24-16-13(18)7-12(8-14(16)23-4)17(22)19-6-5-15-20-11(3)21-25-15/h7-8,10H,5-6,9H2,1-4H3,(H,19,22). The highest BCUT2D eigenvalue weighted by Gasteiger charge is 2.16. The van der Waals surface area contributed by atoms with Gasteiger partial charge >= 0.3 is 0 Å². The van der Waals surface area contributed by atoms with Crippen molar-refractivity contribution in [1.82, 2.24) is 15.5 Å². The highest BCUT2D eigenvalue weighted by atomic mass is 35.5. The van der Waals surface area contributed by atoms with Gasteiger partial charge in [-0.25, -0.2) is 0 Å². The number of amides is 1. The van der Waals surface area contributed by atoms with E-state index in [-0.39, 0.29) is 5.91 Å². The normalized spacial score (nSPS) is 10.8. The second-order valence-electron chi connectivity index (χ2n) is 5.94. The van der Waals surface area contributed by atoms with Crippen LogP contribution in [0.2, 0.25) is 5.02 Å². The maximum Gasteiger partial charge on any atom is 0.251 e. The molecule has 2 aromatic rings. The first kappa shape index (κ1) is 19.1. The van der Waals surface area contributed by atoms with Gasteiger partial charge in [0.15, 0.2) is 17.3 Å². The molecule has 1 heterocycles. The molecule has 1 aromatic heterocycles. The predicted molar refractivity (Wildman–Crippen MR) is 93.4 cm³/mol. The van der Waals surface area contributed by atoms with Crippen molar-refractivity contribution in [3.05, 3.63) is 34.4 Å². The van der Waals surface area contributed by atoms with Gasteiger partial charge in [-0.15, -0.1) is 0 Å². The first-order valence-corrected chi connectivity index (χ1v) is 8.36. The molecule has 1 aromatic carbocycles. The first-order chi connectivity index (χ1) is 11.9. The molecule has 1 N–H and O–H groups in total. The van der Waals surface area contributed by atoms with E-state index >= 15 is 0 Å². The number of halogens is 1. The van der Waals surface area contributed by atoms with Crippen LogP contribution in [0.1, 0.15) is 35.9 Å². The van der Waals surface area contributed by atoms with Gasteiger partial charge in [0.1, 0.15) is 0 Å². The summed E-state index contributed by atoms with van der Waals surface area (Å²) in [7, 11) is 1.51. The van der Waals surface area contributed by atoms with E-state index in [1.54, 1.807) is 19.1 Å². The molecular weight excluding hydrogens is 346 g/mol. The Kier molecular flexibility index (Phi) is 6.64. The van der Waals surface area contributed by atoms with Crippen molar-refractivity contribution in [3.63, 3.8) is 0 Å². The summed E-state index contributed by atoms with van der Waals surface area (Å²) in [5.74, 6) is 1.98. The molecule has 0 bridgehead atoms. The SMILES string of the molecule is COc1cc(C(=O)NCCc2nc(C)no2)cc(Cl)c1OCC(C)C. The molecule has 25 heavy (non-hydrogen) atoms. The van der Waals surface area contributed by atoms with Gasteiger partial charge in [0, 0.05) is 18.5 Å². The van der Waals surface area contributed by atoms with Crippen LogP contribution in [0.15, 0.2) is 16.7 Å². The number of benzene rings is 1. The second kappa shape index (κ2) is 8.71. The third-order valence-electron chi connectivity index (χ3n) is 3.25. The quantitative estimate of drug-likeness (QED) is 0.771. The molecular formula is C17H22ClN3O4. The Morgan fingerprint density at radius 1 is 1.40 bits per heavy atom. The molecule has 0 unspecified atom stereocenters. The van der Waals surface area contributed by atoms with Crippen molar-refractivity contribution < 1.29 is 18.8 Å². The third kappa shape index (κ3) is 5.35. The van der Waals surface area contributed by atoms with E-state index in [0.29, 0.717) is 59.3 Å². The number of methoxy groups -OCH3 is 1. The van der Waals surface area contributed by atoms with Crippen LogP contribution in [0, 0.1) is 12.8 Å². The molecule has 8 heteroatoms. The lowest BCUT2D eigenvalue weighted by atomic mass is 10.1. The van der Waals surface area contributed by atoms with E-state index in [9.17, 15) is 4.79 Å². The van der Waals surface area contributed by atoms with Gasteiger partial charge in [-0.05, 0) is 25.0 Å². The number of hydrogen-bond donors (Lipinski definition) is 1. The molecule has 0 saturated heterocycles. The topological polar surface area (TPSA) is 86.5 Å².